The fraction of sp³-hybridized carbons (Fsp3) is 0.150. The normalized spacial score (nSPS) is 11.2. The lowest BCUT2D eigenvalue weighted by molar-refractivity contribution is -0.136. The zero-order valence-electron chi connectivity index (χ0n) is 15.4. The molecule has 0 aliphatic heterocycles. The van der Waals surface area contributed by atoms with Crippen LogP contribution in [-0.4, -0.2) is 22.8 Å². The average Bonchev–Trinajstić information content (AvgIpc) is 2.68. The van der Waals surface area contributed by atoms with Crippen LogP contribution in [0.5, 0.6) is 5.75 Å². The number of ether oxygens (including phenoxy) is 1. The topological polar surface area (TPSA) is 73.2 Å². The second-order valence-electron chi connectivity index (χ2n) is 6.14. The number of alkyl halides is 3. The van der Waals surface area contributed by atoms with Crippen LogP contribution in [0.1, 0.15) is 21.6 Å². The van der Waals surface area contributed by atoms with Crippen LogP contribution in [0.2, 0.25) is 0 Å². The van der Waals surface area contributed by atoms with Gasteiger partial charge >= 0.3 is 6.18 Å². The predicted molar refractivity (Wildman–Crippen MR) is 101 cm³/mol. The first-order valence-electron chi connectivity index (χ1n) is 8.43. The summed E-state index contributed by atoms with van der Waals surface area (Å²) in [6.07, 6.45) is -4.65. The van der Waals surface area contributed by atoms with Crippen molar-refractivity contribution in [2.24, 2.45) is 0 Å². The molecule has 0 saturated carbocycles. The van der Waals surface area contributed by atoms with Gasteiger partial charge in [0.05, 0.1) is 30.1 Å². The first-order valence-corrected chi connectivity index (χ1v) is 8.43. The van der Waals surface area contributed by atoms with Gasteiger partial charge < -0.3 is 10.1 Å². The molecule has 2 aromatic carbocycles. The number of aromatic nitrogens is 2. The zero-order chi connectivity index (χ0) is 21.2. The van der Waals surface area contributed by atoms with E-state index in [1.165, 1.54) is 19.2 Å². The van der Waals surface area contributed by atoms with E-state index in [0.717, 1.165) is 28.4 Å². The number of nitrogens with zero attached hydrogens (tertiary/aromatic N) is 2. The maximum Gasteiger partial charge on any atom is 0.418 e. The molecule has 0 fully saturated rings. The molecule has 0 radical (unpaired) electrons. The van der Waals surface area contributed by atoms with Crippen LogP contribution in [0.15, 0.2) is 59.4 Å². The molecule has 0 saturated heterocycles. The number of halogens is 3. The van der Waals surface area contributed by atoms with Gasteiger partial charge in [-0.1, -0.05) is 29.8 Å². The number of hydrogen-bond acceptors (Lipinski definition) is 4. The number of anilines is 1. The summed E-state index contributed by atoms with van der Waals surface area (Å²) in [5.74, 6) is -1.10. The van der Waals surface area contributed by atoms with Gasteiger partial charge in [-0.3, -0.25) is 9.59 Å². The molecular weight excluding hydrogens is 387 g/mol. The molecule has 1 amide bonds. The van der Waals surface area contributed by atoms with Crippen LogP contribution in [0.25, 0.3) is 5.69 Å². The molecule has 150 valence electrons. The zero-order valence-corrected chi connectivity index (χ0v) is 15.4. The Morgan fingerprint density at radius 2 is 1.76 bits per heavy atom. The highest BCUT2D eigenvalue weighted by Gasteiger charge is 2.34. The van der Waals surface area contributed by atoms with Gasteiger partial charge in [0.25, 0.3) is 11.5 Å². The van der Waals surface area contributed by atoms with Gasteiger partial charge in [0.15, 0.2) is 11.4 Å². The van der Waals surface area contributed by atoms with Crippen LogP contribution in [0.4, 0.5) is 18.9 Å². The second kappa shape index (κ2) is 7.78. The minimum Gasteiger partial charge on any atom is -0.494 e. The fourth-order valence-electron chi connectivity index (χ4n) is 2.64. The Morgan fingerprint density at radius 3 is 2.38 bits per heavy atom. The van der Waals surface area contributed by atoms with Crippen LogP contribution < -0.4 is 15.6 Å². The Bertz CT molecular complexity index is 1110. The Labute approximate surface area is 163 Å². The van der Waals surface area contributed by atoms with E-state index in [-0.39, 0.29) is 11.4 Å². The molecule has 1 N–H and O–H groups in total. The summed E-state index contributed by atoms with van der Waals surface area (Å²) in [5, 5.41) is 6.22. The Balaban J connectivity index is 2.04. The molecule has 0 aliphatic rings. The minimum absolute atomic E-state index is 0.152. The van der Waals surface area contributed by atoms with E-state index >= 15 is 0 Å². The van der Waals surface area contributed by atoms with Crippen LogP contribution >= 0.6 is 0 Å². The molecule has 3 aromatic rings. The van der Waals surface area contributed by atoms with Gasteiger partial charge in [-0.25, -0.2) is 0 Å². The molecule has 1 heterocycles. The summed E-state index contributed by atoms with van der Waals surface area (Å²) in [7, 11) is 1.23. The molecule has 9 heteroatoms. The van der Waals surface area contributed by atoms with Crippen LogP contribution in [0.3, 0.4) is 0 Å². The average molecular weight is 403 g/mol. The molecule has 0 unspecified atom stereocenters. The van der Waals surface area contributed by atoms with Crippen molar-refractivity contribution in [3.63, 3.8) is 0 Å². The first kappa shape index (κ1) is 20.1. The van der Waals surface area contributed by atoms with Gasteiger partial charge in [-0.2, -0.15) is 23.0 Å². The second-order valence-corrected chi connectivity index (χ2v) is 6.14. The number of benzene rings is 2. The number of para-hydroxylation sites is 1. The quantitative estimate of drug-likeness (QED) is 0.719. The van der Waals surface area contributed by atoms with Crippen molar-refractivity contribution < 1.29 is 22.7 Å². The lowest BCUT2D eigenvalue weighted by Crippen LogP contribution is -2.26. The van der Waals surface area contributed by atoms with E-state index in [4.69, 9.17) is 4.74 Å². The lowest BCUT2D eigenvalue weighted by atomic mass is 10.1. The van der Waals surface area contributed by atoms with Gasteiger partial charge in [0, 0.05) is 0 Å². The molecular formula is C20H16F3N3O3. The van der Waals surface area contributed by atoms with Crippen molar-refractivity contribution in [2.75, 3.05) is 12.4 Å². The molecule has 3 rings (SSSR count). The Kier molecular flexibility index (Phi) is 5.40. The summed E-state index contributed by atoms with van der Waals surface area (Å²) in [6.45, 7) is 1.87. The molecule has 29 heavy (non-hydrogen) atoms. The Hall–Kier alpha value is -3.62. The molecule has 6 nitrogen and oxygen atoms in total. The van der Waals surface area contributed by atoms with E-state index in [9.17, 15) is 22.8 Å². The largest absolute Gasteiger partial charge is 0.494 e. The van der Waals surface area contributed by atoms with Gasteiger partial charge in [-0.15, -0.1) is 0 Å². The molecule has 0 bridgehead atoms. The third kappa shape index (κ3) is 4.29. The summed E-state index contributed by atoms with van der Waals surface area (Å²) in [5.41, 5.74) is -0.964. The smallest absolute Gasteiger partial charge is 0.418 e. The van der Waals surface area contributed by atoms with Gasteiger partial charge in [0.1, 0.15) is 0 Å². The van der Waals surface area contributed by atoms with E-state index in [1.807, 2.05) is 6.92 Å². The fourth-order valence-corrected chi connectivity index (χ4v) is 2.64. The van der Waals surface area contributed by atoms with E-state index < -0.39 is 28.9 Å². The van der Waals surface area contributed by atoms with Crippen molar-refractivity contribution in [3.05, 3.63) is 81.8 Å². The third-order valence-corrected chi connectivity index (χ3v) is 4.09. The van der Waals surface area contributed by atoms with E-state index in [2.05, 4.69) is 10.4 Å². The van der Waals surface area contributed by atoms with Gasteiger partial charge in [0.2, 0.25) is 0 Å². The number of carbonyl (C=O) groups is 1. The Morgan fingerprint density at radius 1 is 1.10 bits per heavy atom. The third-order valence-electron chi connectivity index (χ3n) is 4.09. The monoisotopic (exact) mass is 403 g/mol. The van der Waals surface area contributed by atoms with E-state index in [1.54, 1.807) is 24.3 Å². The summed E-state index contributed by atoms with van der Waals surface area (Å²) in [4.78, 5) is 25.0. The van der Waals surface area contributed by atoms with Crippen molar-refractivity contribution in [3.8, 4) is 11.4 Å². The van der Waals surface area contributed by atoms with Crippen molar-refractivity contribution in [1.29, 1.82) is 0 Å². The molecule has 0 atom stereocenters. The molecule has 0 aliphatic carbocycles. The number of methoxy groups -OCH3 is 1. The molecule has 1 aromatic heterocycles. The SMILES string of the molecule is COc1cc(=O)n(-c2ccc(C)cc2)nc1C(=O)Nc1ccccc1C(F)(F)F. The van der Waals surface area contributed by atoms with Crippen LogP contribution in [-0.2, 0) is 6.18 Å². The van der Waals surface area contributed by atoms with Gasteiger partial charge in [-0.05, 0) is 31.2 Å². The maximum atomic E-state index is 13.2. The van der Waals surface area contributed by atoms with Crippen molar-refractivity contribution in [2.45, 2.75) is 13.1 Å². The minimum atomic E-state index is -4.65. The maximum absolute atomic E-state index is 13.2. The van der Waals surface area contributed by atoms with E-state index in [0.29, 0.717) is 5.69 Å². The number of aryl methyl sites for hydroxylation is 1. The summed E-state index contributed by atoms with van der Waals surface area (Å²) < 4.78 is 45.6. The molecule has 0 spiro atoms. The highest BCUT2D eigenvalue weighted by Crippen LogP contribution is 2.34. The van der Waals surface area contributed by atoms with Crippen molar-refractivity contribution in [1.82, 2.24) is 9.78 Å². The number of carbonyl (C=O) groups excluding carboxylic acids is 1. The van der Waals surface area contributed by atoms with Crippen molar-refractivity contribution >= 4 is 11.6 Å². The number of nitrogens with one attached hydrogen (secondary N) is 1. The summed E-state index contributed by atoms with van der Waals surface area (Å²) in [6, 6.07) is 12.4. The number of rotatable bonds is 4. The lowest BCUT2D eigenvalue weighted by Gasteiger charge is -2.15. The predicted octanol–water partition coefficient (Wildman–Crippen LogP) is 3.82. The summed E-state index contributed by atoms with van der Waals surface area (Å²) >= 11 is 0. The highest BCUT2D eigenvalue weighted by atomic mass is 19.4. The highest BCUT2D eigenvalue weighted by molar-refractivity contribution is 6.05. The standard InChI is InChI=1S/C20H16F3N3O3/c1-12-7-9-13(10-8-12)26-17(27)11-16(29-2)18(25-26)19(28)24-15-6-4-3-5-14(15)20(21,22)23/h3-11H,1-2H3,(H,24,28). The first-order chi connectivity index (χ1) is 13.7. The van der Waals surface area contributed by atoms with Crippen LogP contribution in [0, 0.1) is 6.92 Å². The number of hydrogen-bond donors (Lipinski definition) is 1. The number of amides is 1.